The molecule has 0 spiro atoms. The van der Waals surface area contributed by atoms with E-state index < -0.39 is 8.07 Å². The highest BCUT2D eigenvalue weighted by Gasteiger charge is 2.20. The van der Waals surface area contributed by atoms with Crippen molar-refractivity contribution in [3.05, 3.63) is 83.9 Å². The van der Waals surface area contributed by atoms with Crippen LogP contribution in [0.25, 0.3) is 22.3 Å². The van der Waals surface area contributed by atoms with Crippen molar-refractivity contribution in [1.29, 1.82) is 5.26 Å². The summed E-state index contributed by atoms with van der Waals surface area (Å²) in [7, 11) is -1.22. The van der Waals surface area contributed by atoms with Gasteiger partial charge >= 0.3 is 0 Å². The van der Waals surface area contributed by atoms with Gasteiger partial charge < -0.3 is 0 Å². The van der Waals surface area contributed by atoms with E-state index in [-0.39, 0.29) is 0 Å². The number of hydrogen-bond acceptors (Lipinski definition) is 1. The van der Waals surface area contributed by atoms with Gasteiger partial charge in [-0.2, -0.15) is 5.26 Å². The van der Waals surface area contributed by atoms with Crippen molar-refractivity contribution in [2.75, 3.05) is 0 Å². The Morgan fingerprint density at radius 2 is 1.48 bits per heavy atom. The molecule has 0 unspecified atom stereocenters. The highest BCUT2D eigenvalue weighted by molar-refractivity contribution is 6.76. The van der Waals surface area contributed by atoms with E-state index in [9.17, 15) is 0 Å². The summed E-state index contributed by atoms with van der Waals surface area (Å²) in [5.41, 5.74) is 7.04. The van der Waals surface area contributed by atoms with Gasteiger partial charge in [0.05, 0.1) is 19.7 Å². The molecule has 27 heavy (non-hydrogen) atoms. The molecule has 3 aromatic carbocycles. The first-order valence-corrected chi connectivity index (χ1v) is 13.1. The first-order valence-electron chi connectivity index (χ1n) is 9.71. The normalized spacial score (nSPS) is 11.2. The number of nitrogens with zero attached hydrogens (tertiary/aromatic N) is 1. The van der Waals surface area contributed by atoms with Gasteiger partial charge in [-0.1, -0.05) is 98.7 Å². The van der Waals surface area contributed by atoms with Crippen molar-refractivity contribution < 1.29 is 0 Å². The van der Waals surface area contributed by atoms with Crippen LogP contribution >= 0.6 is 0 Å². The molecular weight excluding hydrogens is 342 g/mol. The molecule has 0 aliphatic heterocycles. The van der Waals surface area contributed by atoms with Crippen molar-refractivity contribution >= 4 is 8.07 Å². The van der Waals surface area contributed by atoms with E-state index in [0.29, 0.717) is 5.56 Å². The summed E-state index contributed by atoms with van der Waals surface area (Å²) in [6.07, 6.45) is 1.27. The second kappa shape index (κ2) is 8.37. The van der Waals surface area contributed by atoms with Gasteiger partial charge in [-0.3, -0.25) is 0 Å². The molecule has 0 fully saturated rings. The standard InChI is InChI=1S/C25H27NSi/c1-4-16-27(2,3)19-21-12-15-24(22-8-6-5-7-9-22)25(17-21)23-13-10-20(18-26)11-14-23/h5-15,17H,4,16,19H2,1-3H3. The van der Waals surface area contributed by atoms with E-state index in [1.807, 2.05) is 12.1 Å². The predicted molar refractivity (Wildman–Crippen MR) is 118 cm³/mol. The molecule has 0 radical (unpaired) electrons. The Kier molecular flexibility index (Phi) is 5.93. The van der Waals surface area contributed by atoms with Crippen LogP contribution in [0.1, 0.15) is 24.5 Å². The largest absolute Gasteiger partial charge is 0.192 e. The zero-order chi connectivity index (χ0) is 19.3. The molecule has 0 saturated carbocycles. The maximum atomic E-state index is 9.11. The van der Waals surface area contributed by atoms with Crippen molar-refractivity contribution in [1.82, 2.24) is 0 Å². The van der Waals surface area contributed by atoms with Gasteiger partial charge in [0.15, 0.2) is 0 Å². The van der Waals surface area contributed by atoms with E-state index in [1.165, 1.54) is 46.3 Å². The van der Waals surface area contributed by atoms with Crippen molar-refractivity contribution in [3.63, 3.8) is 0 Å². The second-order valence-electron chi connectivity index (χ2n) is 8.03. The van der Waals surface area contributed by atoms with Crippen LogP contribution in [0, 0.1) is 11.3 Å². The molecule has 2 heteroatoms. The van der Waals surface area contributed by atoms with Gasteiger partial charge in [0.1, 0.15) is 0 Å². The van der Waals surface area contributed by atoms with E-state index in [1.54, 1.807) is 0 Å². The fourth-order valence-corrected chi connectivity index (χ4v) is 6.71. The molecule has 0 aliphatic carbocycles. The summed E-state index contributed by atoms with van der Waals surface area (Å²) in [5, 5.41) is 9.11. The number of benzene rings is 3. The van der Waals surface area contributed by atoms with Gasteiger partial charge in [-0.05, 0) is 40.4 Å². The minimum absolute atomic E-state index is 0.702. The summed E-state index contributed by atoms with van der Waals surface area (Å²) in [4.78, 5) is 0. The Hall–Kier alpha value is -2.63. The van der Waals surface area contributed by atoms with Crippen molar-refractivity contribution in [3.8, 4) is 28.3 Å². The molecule has 0 saturated heterocycles. The molecule has 0 bridgehead atoms. The molecule has 136 valence electrons. The summed E-state index contributed by atoms with van der Waals surface area (Å²) < 4.78 is 0. The summed E-state index contributed by atoms with van der Waals surface area (Å²) in [5.74, 6) is 0. The molecular formula is C25H27NSi. The minimum Gasteiger partial charge on any atom is -0.192 e. The predicted octanol–water partition coefficient (Wildman–Crippen LogP) is 7.09. The Bertz CT molecular complexity index is 934. The summed E-state index contributed by atoms with van der Waals surface area (Å²) in [6.45, 7) is 7.27. The minimum atomic E-state index is -1.22. The van der Waals surface area contributed by atoms with Crippen LogP contribution < -0.4 is 0 Å². The van der Waals surface area contributed by atoms with E-state index >= 15 is 0 Å². The Morgan fingerprint density at radius 1 is 0.815 bits per heavy atom. The lowest BCUT2D eigenvalue weighted by Gasteiger charge is -2.22. The van der Waals surface area contributed by atoms with Gasteiger partial charge in [-0.15, -0.1) is 0 Å². The van der Waals surface area contributed by atoms with Gasteiger partial charge in [0.2, 0.25) is 0 Å². The lowest BCUT2D eigenvalue weighted by atomic mass is 9.92. The second-order valence-corrected chi connectivity index (χ2v) is 13.2. The smallest absolute Gasteiger partial charge is 0.0991 e. The van der Waals surface area contributed by atoms with Crippen LogP contribution in [0.5, 0.6) is 0 Å². The Balaban J connectivity index is 2.07. The Labute approximate surface area is 164 Å². The van der Waals surface area contributed by atoms with Crippen LogP contribution in [0.15, 0.2) is 72.8 Å². The van der Waals surface area contributed by atoms with Gasteiger partial charge in [-0.25, -0.2) is 0 Å². The maximum Gasteiger partial charge on any atom is 0.0991 e. The average Bonchev–Trinajstić information content (AvgIpc) is 2.68. The molecule has 0 amide bonds. The first-order chi connectivity index (χ1) is 13.0. The first kappa shape index (κ1) is 19.1. The fraction of sp³-hybridized carbons (Fsp3) is 0.240. The molecule has 0 aliphatic rings. The molecule has 3 aromatic rings. The monoisotopic (exact) mass is 369 g/mol. The third kappa shape index (κ3) is 4.75. The van der Waals surface area contributed by atoms with Crippen LogP contribution in [-0.2, 0) is 6.04 Å². The molecule has 0 N–H and O–H groups in total. The molecule has 0 atom stereocenters. The maximum absolute atomic E-state index is 9.11. The quantitative estimate of drug-likeness (QED) is 0.425. The molecule has 1 nitrogen and oxygen atoms in total. The van der Waals surface area contributed by atoms with Crippen LogP contribution in [0.3, 0.4) is 0 Å². The SMILES string of the molecule is CCC[Si](C)(C)Cc1ccc(-c2ccccc2)c(-c2ccc(C#N)cc2)c1. The number of rotatable bonds is 6. The van der Waals surface area contributed by atoms with Crippen LogP contribution in [-0.4, -0.2) is 8.07 Å². The topological polar surface area (TPSA) is 23.8 Å². The van der Waals surface area contributed by atoms with Crippen LogP contribution in [0.4, 0.5) is 0 Å². The lowest BCUT2D eigenvalue weighted by molar-refractivity contribution is 1.03. The zero-order valence-corrected chi connectivity index (χ0v) is 17.5. The van der Waals surface area contributed by atoms with Crippen molar-refractivity contribution in [2.45, 2.75) is 38.5 Å². The van der Waals surface area contributed by atoms with E-state index in [4.69, 9.17) is 5.26 Å². The third-order valence-electron chi connectivity index (χ3n) is 5.10. The van der Waals surface area contributed by atoms with Crippen LogP contribution in [0.2, 0.25) is 19.1 Å². The molecule has 3 rings (SSSR count). The van der Waals surface area contributed by atoms with E-state index in [2.05, 4.69) is 86.8 Å². The number of hydrogen-bond donors (Lipinski definition) is 0. The van der Waals surface area contributed by atoms with Gasteiger partial charge in [0, 0.05) is 0 Å². The van der Waals surface area contributed by atoms with Crippen molar-refractivity contribution in [2.24, 2.45) is 0 Å². The highest BCUT2D eigenvalue weighted by Crippen LogP contribution is 2.34. The number of nitriles is 1. The summed E-state index contributed by atoms with van der Waals surface area (Å²) in [6, 6.07) is 30.2. The Morgan fingerprint density at radius 3 is 2.11 bits per heavy atom. The molecule has 0 aromatic heterocycles. The lowest BCUT2D eigenvalue weighted by Crippen LogP contribution is -2.28. The third-order valence-corrected chi connectivity index (χ3v) is 8.32. The highest BCUT2D eigenvalue weighted by atomic mass is 28.3. The average molecular weight is 370 g/mol. The van der Waals surface area contributed by atoms with E-state index in [0.717, 1.165) is 0 Å². The fourth-order valence-electron chi connectivity index (χ4n) is 3.85. The zero-order valence-electron chi connectivity index (χ0n) is 16.5. The molecule has 0 heterocycles. The summed E-state index contributed by atoms with van der Waals surface area (Å²) >= 11 is 0. The van der Waals surface area contributed by atoms with Gasteiger partial charge in [0.25, 0.3) is 0 Å².